The van der Waals surface area contributed by atoms with Crippen LogP contribution < -0.4 is 5.32 Å². The fourth-order valence-corrected chi connectivity index (χ4v) is 2.32. The van der Waals surface area contributed by atoms with Gasteiger partial charge in [0.15, 0.2) is 0 Å². The molecule has 1 aliphatic rings. The first-order chi connectivity index (χ1) is 9.20. The number of hydrogen-bond donors (Lipinski definition) is 2. The molecule has 0 aromatic heterocycles. The van der Waals surface area contributed by atoms with E-state index in [4.69, 9.17) is 0 Å². The highest BCUT2D eigenvalue weighted by molar-refractivity contribution is 5.94. The molecule has 1 unspecified atom stereocenters. The largest absolute Gasteiger partial charge is 0.391 e. The number of aliphatic hydroxyl groups excluding tert-OH is 1. The Morgan fingerprint density at radius 2 is 2.16 bits per heavy atom. The summed E-state index contributed by atoms with van der Waals surface area (Å²) in [5.41, 5.74) is 1.73. The fraction of sp³-hybridized carbons (Fsp3) is 0.533. The highest BCUT2D eigenvalue weighted by atomic mass is 16.3. The third-order valence-electron chi connectivity index (χ3n) is 3.39. The Morgan fingerprint density at radius 1 is 1.42 bits per heavy atom. The van der Waals surface area contributed by atoms with Gasteiger partial charge in [-0.2, -0.15) is 0 Å². The smallest absolute Gasteiger partial charge is 0.253 e. The van der Waals surface area contributed by atoms with Crippen molar-refractivity contribution in [2.24, 2.45) is 0 Å². The Hall–Kier alpha value is -1.55. The second-order valence-corrected chi connectivity index (χ2v) is 5.05. The molecule has 0 bridgehead atoms. The molecule has 1 atom stereocenters. The normalized spacial score (nSPS) is 19.3. The van der Waals surface area contributed by atoms with Gasteiger partial charge in [-0.15, -0.1) is 0 Å². The number of nitrogens with zero attached hydrogens (tertiary/aromatic N) is 1. The summed E-state index contributed by atoms with van der Waals surface area (Å²) in [5, 5.41) is 12.9. The second-order valence-electron chi connectivity index (χ2n) is 5.05. The number of likely N-dealkylation sites (tertiary alicyclic amines) is 1. The summed E-state index contributed by atoms with van der Waals surface area (Å²) in [5.74, 6) is 0.0146. The summed E-state index contributed by atoms with van der Waals surface area (Å²) >= 11 is 0. The number of amides is 1. The molecule has 4 nitrogen and oxygen atoms in total. The first-order valence-electron chi connectivity index (χ1n) is 7.02. The molecule has 0 radical (unpaired) electrons. The van der Waals surface area contributed by atoms with E-state index in [0.717, 1.165) is 38.0 Å². The third kappa shape index (κ3) is 3.70. The van der Waals surface area contributed by atoms with Crippen molar-refractivity contribution in [3.8, 4) is 0 Å². The zero-order valence-electron chi connectivity index (χ0n) is 11.4. The topological polar surface area (TPSA) is 52.6 Å². The van der Waals surface area contributed by atoms with E-state index in [9.17, 15) is 9.90 Å². The highest BCUT2D eigenvalue weighted by Gasteiger charge is 2.22. The number of piperidine rings is 1. The van der Waals surface area contributed by atoms with Gasteiger partial charge in [0, 0.05) is 30.9 Å². The number of carbonyl (C=O) groups is 1. The Kier molecular flexibility index (Phi) is 4.80. The predicted molar refractivity (Wildman–Crippen MR) is 76.4 cm³/mol. The maximum absolute atomic E-state index is 12.3. The van der Waals surface area contributed by atoms with Crippen molar-refractivity contribution in [1.82, 2.24) is 4.90 Å². The summed E-state index contributed by atoms with van der Waals surface area (Å²) in [7, 11) is 0. The minimum absolute atomic E-state index is 0.0146. The number of aliphatic hydroxyl groups is 1. The van der Waals surface area contributed by atoms with E-state index < -0.39 is 0 Å². The van der Waals surface area contributed by atoms with Crippen molar-refractivity contribution in [2.45, 2.75) is 32.3 Å². The van der Waals surface area contributed by atoms with Gasteiger partial charge in [-0.05, 0) is 43.5 Å². The van der Waals surface area contributed by atoms with Crippen LogP contribution in [0.3, 0.4) is 0 Å². The van der Waals surface area contributed by atoms with Crippen LogP contribution in [0.15, 0.2) is 24.3 Å². The van der Waals surface area contributed by atoms with Crippen molar-refractivity contribution in [3.05, 3.63) is 29.8 Å². The fourth-order valence-electron chi connectivity index (χ4n) is 2.32. The maximum atomic E-state index is 12.3. The molecule has 1 aromatic rings. The van der Waals surface area contributed by atoms with E-state index in [0.29, 0.717) is 12.1 Å². The Balaban J connectivity index is 1.98. The van der Waals surface area contributed by atoms with Gasteiger partial charge in [0.25, 0.3) is 5.91 Å². The van der Waals surface area contributed by atoms with Gasteiger partial charge in [0.05, 0.1) is 6.10 Å². The van der Waals surface area contributed by atoms with Crippen LogP contribution in [0.5, 0.6) is 0 Å². The average Bonchev–Trinajstić information content (AvgIpc) is 2.45. The highest BCUT2D eigenvalue weighted by Crippen LogP contribution is 2.15. The molecule has 4 heteroatoms. The molecular formula is C15H22N2O2. The van der Waals surface area contributed by atoms with Crippen LogP contribution in [-0.4, -0.2) is 41.7 Å². The summed E-state index contributed by atoms with van der Waals surface area (Å²) < 4.78 is 0. The standard InChI is InChI=1S/C15H22N2O2/c1-2-9-16-13-7-5-12(6-8-13)15(19)17-10-3-4-14(18)11-17/h5-8,14,16,18H,2-4,9-11H2,1H3. The van der Waals surface area contributed by atoms with Crippen molar-refractivity contribution in [1.29, 1.82) is 0 Å². The molecule has 1 amide bonds. The van der Waals surface area contributed by atoms with Crippen LogP contribution in [0, 0.1) is 0 Å². The second kappa shape index (κ2) is 6.57. The van der Waals surface area contributed by atoms with E-state index >= 15 is 0 Å². The molecule has 1 saturated heterocycles. The van der Waals surface area contributed by atoms with Crippen molar-refractivity contribution >= 4 is 11.6 Å². The van der Waals surface area contributed by atoms with Gasteiger partial charge >= 0.3 is 0 Å². The van der Waals surface area contributed by atoms with Crippen molar-refractivity contribution < 1.29 is 9.90 Å². The lowest BCUT2D eigenvalue weighted by molar-refractivity contribution is 0.0474. The first-order valence-corrected chi connectivity index (χ1v) is 7.02. The molecule has 1 aromatic carbocycles. The van der Waals surface area contributed by atoms with E-state index in [1.807, 2.05) is 24.3 Å². The van der Waals surface area contributed by atoms with Gasteiger partial charge in [-0.3, -0.25) is 4.79 Å². The SMILES string of the molecule is CCCNc1ccc(C(=O)N2CCCC(O)C2)cc1. The van der Waals surface area contributed by atoms with Gasteiger partial charge in [0.1, 0.15) is 0 Å². The van der Waals surface area contributed by atoms with Crippen molar-refractivity contribution in [3.63, 3.8) is 0 Å². The quantitative estimate of drug-likeness (QED) is 0.873. The van der Waals surface area contributed by atoms with Crippen LogP contribution in [-0.2, 0) is 0 Å². The number of anilines is 1. The Labute approximate surface area is 114 Å². The van der Waals surface area contributed by atoms with E-state index in [2.05, 4.69) is 12.2 Å². The summed E-state index contributed by atoms with van der Waals surface area (Å²) in [6.45, 7) is 4.25. The number of rotatable bonds is 4. The number of hydrogen-bond acceptors (Lipinski definition) is 3. The zero-order valence-corrected chi connectivity index (χ0v) is 11.4. The molecule has 2 rings (SSSR count). The third-order valence-corrected chi connectivity index (χ3v) is 3.39. The number of β-amino-alcohol motifs (C(OH)–C–C–N with tert-alkyl or cyclic N) is 1. The molecule has 1 heterocycles. The van der Waals surface area contributed by atoms with Gasteiger partial charge in [-0.25, -0.2) is 0 Å². The predicted octanol–water partition coefficient (Wildman–Crippen LogP) is 2.11. The van der Waals surface area contributed by atoms with Crippen LogP contribution >= 0.6 is 0 Å². The molecule has 19 heavy (non-hydrogen) atoms. The molecule has 0 spiro atoms. The minimum Gasteiger partial charge on any atom is -0.391 e. The van der Waals surface area contributed by atoms with Gasteiger partial charge in [0.2, 0.25) is 0 Å². The summed E-state index contributed by atoms with van der Waals surface area (Å²) in [6, 6.07) is 7.56. The first kappa shape index (κ1) is 13.9. The van der Waals surface area contributed by atoms with Crippen LogP contribution in [0.25, 0.3) is 0 Å². The number of carbonyl (C=O) groups excluding carboxylic acids is 1. The zero-order chi connectivity index (χ0) is 13.7. The molecule has 0 saturated carbocycles. The maximum Gasteiger partial charge on any atom is 0.253 e. The number of nitrogens with one attached hydrogen (secondary N) is 1. The molecule has 0 aliphatic carbocycles. The lowest BCUT2D eigenvalue weighted by Gasteiger charge is -2.30. The van der Waals surface area contributed by atoms with Gasteiger partial charge in [-0.1, -0.05) is 6.92 Å². The van der Waals surface area contributed by atoms with Crippen LogP contribution in [0.1, 0.15) is 36.5 Å². The van der Waals surface area contributed by atoms with Crippen LogP contribution in [0.4, 0.5) is 5.69 Å². The Bertz CT molecular complexity index is 417. The van der Waals surface area contributed by atoms with E-state index in [1.165, 1.54) is 0 Å². The van der Waals surface area contributed by atoms with E-state index in [1.54, 1.807) is 4.90 Å². The molecule has 1 aliphatic heterocycles. The molecule has 2 N–H and O–H groups in total. The van der Waals surface area contributed by atoms with Gasteiger partial charge < -0.3 is 15.3 Å². The van der Waals surface area contributed by atoms with Crippen LogP contribution in [0.2, 0.25) is 0 Å². The number of benzene rings is 1. The minimum atomic E-state index is -0.372. The molecule has 104 valence electrons. The summed E-state index contributed by atoms with van der Waals surface area (Å²) in [4.78, 5) is 14.0. The van der Waals surface area contributed by atoms with E-state index in [-0.39, 0.29) is 12.0 Å². The Morgan fingerprint density at radius 3 is 2.79 bits per heavy atom. The lowest BCUT2D eigenvalue weighted by Crippen LogP contribution is -2.42. The van der Waals surface area contributed by atoms with Crippen molar-refractivity contribution in [2.75, 3.05) is 25.0 Å². The summed E-state index contributed by atoms with van der Waals surface area (Å²) in [6.07, 6.45) is 2.38. The lowest BCUT2D eigenvalue weighted by atomic mass is 10.1. The average molecular weight is 262 g/mol. The monoisotopic (exact) mass is 262 g/mol. The molecular weight excluding hydrogens is 240 g/mol. The molecule has 1 fully saturated rings.